The molecular formula is C21H23N3O3. The second kappa shape index (κ2) is 7.40. The molecule has 2 amide bonds. The van der Waals surface area contributed by atoms with Crippen LogP contribution < -0.4 is 15.8 Å². The van der Waals surface area contributed by atoms with E-state index in [1.807, 2.05) is 35.2 Å². The highest BCUT2D eigenvalue weighted by Crippen LogP contribution is 2.33. The summed E-state index contributed by atoms with van der Waals surface area (Å²) in [6.07, 6.45) is -0.779. The molecular weight excluding hydrogens is 342 g/mol. The zero-order valence-corrected chi connectivity index (χ0v) is 15.0. The van der Waals surface area contributed by atoms with Crippen molar-refractivity contribution in [3.05, 3.63) is 60.2 Å². The first-order chi connectivity index (χ1) is 13.2. The molecule has 140 valence electrons. The number of nitrogens with two attached hydrogens (primary N) is 1. The highest BCUT2D eigenvalue weighted by molar-refractivity contribution is 6.00. The lowest BCUT2D eigenvalue weighted by atomic mass is 9.89. The van der Waals surface area contributed by atoms with Crippen molar-refractivity contribution < 1.29 is 14.3 Å². The zero-order chi connectivity index (χ0) is 18.8. The monoisotopic (exact) mass is 365 g/mol. The van der Waals surface area contributed by atoms with Crippen molar-refractivity contribution >= 4 is 17.5 Å². The minimum Gasteiger partial charge on any atom is -0.478 e. The van der Waals surface area contributed by atoms with Crippen LogP contribution in [0.2, 0.25) is 0 Å². The Morgan fingerprint density at radius 2 is 1.85 bits per heavy atom. The number of benzene rings is 2. The number of para-hydroxylation sites is 2. The molecule has 0 bridgehead atoms. The summed E-state index contributed by atoms with van der Waals surface area (Å²) in [5.41, 5.74) is 7.79. The van der Waals surface area contributed by atoms with Gasteiger partial charge in [0, 0.05) is 19.0 Å². The Kier molecular flexibility index (Phi) is 4.81. The van der Waals surface area contributed by atoms with Gasteiger partial charge in [0.05, 0.1) is 12.1 Å². The molecule has 1 saturated heterocycles. The lowest BCUT2D eigenvalue weighted by molar-refractivity contribution is -0.136. The molecule has 27 heavy (non-hydrogen) atoms. The molecule has 0 aromatic heterocycles. The summed E-state index contributed by atoms with van der Waals surface area (Å²) < 4.78 is 5.75. The van der Waals surface area contributed by atoms with E-state index >= 15 is 0 Å². The van der Waals surface area contributed by atoms with Crippen molar-refractivity contribution in [1.82, 2.24) is 4.90 Å². The van der Waals surface area contributed by atoms with Gasteiger partial charge in [-0.05, 0) is 30.2 Å². The van der Waals surface area contributed by atoms with Crippen molar-refractivity contribution in [2.75, 3.05) is 25.0 Å². The first-order valence-corrected chi connectivity index (χ1v) is 9.25. The standard InChI is InChI=1S/C21H23N3O3/c22-11-15-12-24(13-16(15)14-6-2-1-3-7-14)20(25)10-19-21(26)23-17-8-4-5-9-18(17)27-19/h1-9,15-16,19H,10-13,22H2,(H,23,26)/t15-,16+,19?/m1/s1. The topological polar surface area (TPSA) is 84.7 Å². The molecule has 0 radical (unpaired) electrons. The second-order valence-corrected chi connectivity index (χ2v) is 7.11. The number of hydrogen-bond acceptors (Lipinski definition) is 4. The number of carbonyl (C=O) groups excluding carboxylic acids is 2. The van der Waals surface area contributed by atoms with Crippen LogP contribution in [0.25, 0.3) is 0 Å². The third-order valence-corrected chi connectivity index (χ3v) is 5.39. The van der Waals surface area contributed by atoms with E-state index in [1.54, 1.807) is 12.1 Å². The second-order valence-electron chi connectivity index (χ2n) is 7.11. The van der Waals surface area contributed by atoms with Gasteiger partial charge in [0.25, 0.3) is 5.91 Å². The summed E-state index contributed by atoms with van der Waals surface area (Å²) in [6.45, 7) is 1.76. The largest absolute Gasteiger partial charge is 0.478 e. The summed E-state index contributed by atoms with van der Waals surface area (Å²) >= 11 is 0. The van der Waals surface area contributed by atoms with Crippen molar-refractivity contribution in [2.45, 2.75) is 18.4 Å². The molecule has 0 aliphatic carbocycles. The third-order valence-electron chi connectivity index (χ3n) is 5.39. The molecule has 1 fully saturated rings. The summed E-state index contributed by atoms with van der Waals surface area (Å²) in [7, 11) is 0. The fourth-order valence-corrected chi connectivity index (χ4v) is 3.91. The fourth-order valence-electron chi connectivity index (χ4n) is 3.91. The Balaban J connectivity index is 1.44. The van der Waals surface area contributed by atoms with E-state index in [2.05, 4.69) is 17.4 Å². The number of hydrogen-bond donors (Lipinski definition) is 2. The van der Waals surface area contributed by atoms with Crippen LogP contribution in [-0.4, -0.2) is 42.5 Å². The zero-order valence-electron chi connectivity index (χ0n) is 15.0. The van der Waals surface area contributed by atoms with Crippen molar-refractivity contribution in [3.63, 3.8) is 0 Å². The molecule has 3 atom stereocenters. The van der Waals surface area contributed by atoms with Gasteiger partial charge in [-0.25, -0.2) is 0 Å². The van der Waals surface area contributed by atoms with Gasteiger partial charge >= 0.3 is 0 Å². The Hall–Kier alpha value is -2.86. The van der Waals surface area contributed by atoms with Gasteiger partial charge in [-0.1, -0.05) is 42.5 Å². The minimum atomic E-state index is -0.806. The molecule has 4 rings (SSSR count). The molecule has 2 aliphatic rings. The number of fused-ring (bicyclic) bond motifs is 1. The number of nitrogens with zero attached hydrogens (tertiary/aromatic N) is 1. The average Bonchev–Trinajstić information content (AvgIpc) is 3.14. The lowest BCUT2D eigenvalue weighted by Crippen LogP contribution is -2.42. The molecule has 1 unspecified atom stereocenters. The number of anilines is 1. The number of amides is 2. The van der Waals surface area contributed by atoms with Crippen LogP contribution in [0, 0.1) is 5.92 Å². The van der Waals surface area contributed by atoms with E-state index in [-0.39, 0.29) is 30.1 Å². The Bertz CT molecular complexity index is 840. The van der Waals surface area contributed by atoms with Crippen molar-refractivity contribution in [1.29, 1.82) is 0 Å². The Labute approximate surface area is 158 Å². The Morgan fingerprint density at radius 1 is 1.11 bits per heavy atom. The number of likely N-dealkylation sites (tertiary alicyclic amines) is 1. The highest BCUT2D eigenvalue weighted by atomic mass is 16.5. The van der Waals surface area contributed by atoms with Gasteiger partial charge in [0.15, 0.2) is 6.10 Å². The molecule has 3 N–H and O–H groups in total. The van der Waals surface area contributed by atoms with Crippen LogP contribution in [0.1, 0.15) is 17.9 Å². The molecule has 2 heterocycles. The van der Waals surface area contributed by atoms with Gasteiger partial charge < -0.3 is 20.7 Å². The van der Waals surface area contributed by atoms with Crippen molar-refractivity contribution in [3.8, 4) is 5.75 Å². The van der Waals surface area contributed by atoms with E-state index in [0.29, 0.717) is 31.1 Å². The van der Waals surface area contributed by atoms with E-state index in [0.717, 1.165) is 0 Å². The molecule has 0 spiro atoms. The van der Waals surface area contributed by atoms with Crippen LogP contribution >= 0.6 is 0 Å². The van der Waals surface area contributed by atoms with E-state index in [4.69, 9.17) is 10.5 Å². The first-order valence-electron chi connectivity index (χ1n) is 9.25. The molecule has 0 saturated carbocycles. The smallest absolute Gasteiger partial charge is 0.266 e. The van der Waals surface area contributed by atoms with E-state index < -0.39 is 6.10 Å². The number of carbonyl (C=O) groups is 2. The summed E-state index contributed by atoms with van der Waals surface area (Å²) in [4.78, 5) is 26.9. The average molecular weight is 365 g/mol. The Morgan fingerprint density at radius 3 is 2.63 bits per heavy atom. The first kappa shape index (κ1) is 17.5. The van der Waals surface area contributed by atoms with Gasteiger partial charge in [-0.2, -0.15) is 0 Å². The number of rotatable bonds is 4. The van der Waals surface area contributed by atoms with Gasteiger partial charge in [0.1, 0.15) is 5.75 Å². The van der Waals surface area contributed by atoms with Crippen LogP contribution in [0.5, 0.6) is 5.75 Å². The van der Waals surface area contributed by atoms with Crippen LogP contribution in [-0.2, 0) is 9.59 Å². The summed E-state index contributed by atoms with van der Waals surface area (Å²) in [5.74, 6) is 0.682. The van der Waals surface area contributed by atoms with Crippen LogP contribution in [0.15, 0.2) is 54.6 Å². The lowest BCUT2D eigenvalue weighted by Gasteiger charge is -2.27. The predicted molar refractivity (Wildman–Crippen MR) is 102 cm³/mol. The van der Waals surface area contributed by atoms with Gasteiger partial charge in [-0.3, -0.25) is 9.59 Å². The summed E-state index contributed by atoms with van der Waals surface area (Å²) in [6, 6.07) is 17.4. The van der Waals surface area contributed by atoms with Gasteiger partial charge in [-0.15, -0.1) is 0 Å². The maximum atomic E-state index is 12.8. The summed E-state index contributed by atoms with van der Waals surface area (Å²) in [5, 5.41) is 2.81. The quantitative estimate of drug-likeness (QED) is 0.868. The molecule has 2 aliphatic heterocycles. The molecule has 2 aromatic carbocycles. The third kappa shape index (κ3) is 3.53. The van der Waals surface area contributed by atoms with Crippen LogP contribution in [0.4, 0.5) is 5.69 Å². The van der Waals surface area contributed by atoms with E-state index in [1.165, 1.54) is 5.56 Å². The SMILES string of the molecule is NC[C@@H]1CN(C(=O)CC2Oc3ccccc3NC2=O)C[C@H]1c1ccccc1. The minimum absolute atomic E-state index is 0.0268. The fraction of sp³-hybridized carbons (Fsp3) is 0.333. The van der Waals surface area contributed by atoms with Crippen molar-refractivity contribution in [2.24, 2.45) is 11.7 Å². The molecule has 6 heteroatoms. The highest BCUT2D eigenvalue weighted by Gasteiger charge is 2.37. The van der Waals surface area contributed by atoms with Crippen LogP contribution in [0.3, 0.4) is 0 Å². The maximum Gasteiger partial charge on any atom is 0.266 e. The number of nitrogens with one attached hydrogen (secondary N) is 1. The normalized spacial score (nSPS) is 24.1. The molecule has 6 nitrogen and oxygen atoms in total. The molecule has 2 aromatic rings. The number of ether oxygens (including phenoxy) is 1. The predicted octanol–water partition coefficient (Wildman–Crippen LogP) is 1.98. The van der Waals surface area contributed by atoms with Gasteiger partial charge in [0.2, 0.25) is 5.91 Å². The maximum absolute atomic E-state index is 12.8. The van der Waals surface area contributed by atoms with E-state index in [9.17, 15) is 9.59 Å².